The largest absolute Gasteiger partial charge is 0.416 e. The van der Waals surface area contributed by atoms with Crippen LogP contribution in [-0.4, -0.2) is 22.4 Å². The summed E-state index contributed by atoms with van der Waals surface area (Å²) in [7, 11) is 0. The third-order valence-electron chi connectivity index (χ3n) is 11.5. The van der Waals surface area contributed by atoms with Crippen LogP contribution in [0.1, 0.15) is 28.7 Å². The lowest BCUT2D eigenvalue weighted by Gasteiger charge is -2.19. The maximum Gasteiger partial charge on any atom is 0.416 e. The van der Waals surface area contributed by atoms with Gasteiger partial charge in [0, 0.05) is 32.8 Å². The number of aryl methyl sites for hydroxylation is 2. The molecule has 0 atom stereocenters. The Morgan fingerprint density at radius 3 is 1.62 bits per heavy atom. The molecule has 0 radical (unpaired) electrons. The molecule has 1 aliphatic heterocycles. The molecule has 0 bridgehead atoms. The molecule has 0 unspecified atom stereocenters. The maximum absolute atomic E-state index is 13.8. The van der Waals surface area contributed by atoms with E-state index in [0.29, 0.717) is 17.5 Å². The van der Waals surface area contributed by atoms with Crippen molar-refractivity contribution in [1.29, 1.82) is 0 Å². The molecule has 2 heterocycles. The van der Waals surface area contributed by atoms with E-state index in [1.54, 1.807) is 6.08 Å². The average Bonchev–Trinajstić information content (AvgIpc) is 3.62. The Hall–Kier alpha value is -7.51. The minimum absolute atomic E-state index is 0.110. The number of aliphatic imine (C=N–C) groups is 2. The zero-order chi connectivity index (χ0) is 41.7. The van der Waals surface area contributed by atoms with Gasteiger partial charge in [-0.2, -0.15) is 13.2 Å². The van der Waals surface area contributed by atoms with E-state index in [1.165, 1.54) is 17.2 Å². The monoisotopic (exact) mass is 800 g/mol. The number of alkyl halides is 3. The molecule has 1 aliphatic carbocycles. The number of fused-ring (bicyclic) bond motifs is 3. The predicted molar refractivity (Wildman–Crippen MR) is 244 cm³/mol. The molecule has 7 heteroatoms. The van der Waals surface area contributed by atoms with Gasteiger partial charge in [0.05, 0.1) is 16.6 Å². The van der Waals surface area contributed by atoms with Gasteiger partial charge in [-0.3, -0.25) is 0 Å². The second kappa shape index (κ2) is 15.3. The first-order valence-electron chi connectivity index (χ1n) is 20.3. The molecule has 0 fully saturated rings. The summed E-state index contributed by atoms with van der Waals surface area (Å²) in [6, 6.07) is 56.3. The number of halogens is 3. The lowest BCUT2D eigenvalue weighted by atomic mass is 9.98. The molecule has 0 saturated heterocycles. The highest BCUT2D eigenvalue weighted by Crippen LogP contribution is 2.37. The van der Waals surface area contributed by atoms with Crippen molar-refractivity contribution in [3.8, 4) is 27.9 Å². The molecular formula is C54H39F3N4. The molecule has 0 saturated carbocycles. The summed E-state index contributed by atoms with van der Waals surface area (Å²) < 4.78 is 43.7. The highest BCUT2D eigenvalue weighted by atomic mass is 19.4. The van der Waals surface area contributed by atoms with Crippen LogP contribution in [0.2, 0.25) is 0 Å². The summed E-state index contributed by atoms with van der Waals surface area (Å²) in [5, 5.41) is 7.26. The number of hydrogen-bond donors (Lipinski definition) is 1. The number of nitrogens with one attached hydrogen (secondary N) is 1. The van der Waals surface area contributed by atoms with E-state index in [-0.39, 0.29) is 6.42 Å². The Kier molecular flexibility index (Phi) is 9.44. The smallest absolute Gasteiger partial charge is 0.324 e. The molecule has 8 aromatic rings. The van der Waals surface area contributed by atoms with Crippen molar-refractivity contribution in [2.45, 2.75) is 26.4 Å². The Labute approximate surface area is 351 Å². The minimum Gasteiger partial charge on any atom is -0.324 e. The summed E-state index contributed by atoms with van der Waals surface area (Å²) >= 11 is 0. The van der Waals surface area contributed by atoms with Gasteiger partial charge in [0.2, 0.25) is 0 Å². The van der Waals surface area contributed by atoms with Crippen molar-refractivity contribution in [2.75, 3.05) is 0 Å². The van der Waals surface area contributed by atoms with Gasteiger partial charge >= 0.3 is 6.18 Å². The third kappa shape index (κ3) is 7.29. The van der Waals surface area contributed by atoms with Crippen LogP contribution in [0, 0.1) is 13.8 Å². The van der Waals surface area contributed by atoms with E-state index in [0.717, 1.165) is 83.0 Å². The fourth-order valence-electron chi connectivity index (χ4n) is 8.24. The molecule has 7 aromatic carbocycles. The number of benzene rings is 7. The number of nitrogens with zero attached hydrogens (tertiary/aromatic N) is 3. The summed E-state index contributed by atoms with van der Waals surface area (Å²) in [5.41, 5.74) is 11.7. The Bertz CT molecular complexity index is 3160. The maximum atomic E-state index is 13.8. The standard InChI is InChI=1S/C54H39F3N4/c1-34-13-17-36(18-14-34)41-23-29-49-46(31-41)47-32-42(37-19-15-35(2)16-20-37)24-30-50(47)61(49)44-27-28-45(38-21-25-43(26-22-38)54(55,56)57)48(33-44)53-59-51(39-9-5-3-6-10-39)58-52(60-53)40-11-7-4-8-12-40/h3-21,23-33H,22H2,1-2H3,(H,58,59,60). The van der Waals surface area contributed by atoms with Gasteiger partial charge in [0.1, 0.15) is 11.7 Å². The first-order chi connectivity index (χ1) is 29.7. The molecule has 296 valence electrons. The quantitative estimate of drug-likeness (QED) is 0.185. The molecule has 1 aromatic heterocycles. The first kappa shape index (κ1) is 37.7. The number of hydrogen-bond acceptors (Lipinski definition) is 3. The molecule has 4 nitrogen and oxygen atoms in total. The van der Waals surface area contributed by atoms with Crippen LogP contribution in [0.4, 0.5) is 13.2 Å². The van der Waals surface area contributed by atoms with E-state index in [2.05, 4.69) is 121 Å². The molecule has 61 heavy (non-hydrogen) atoms. The lowest BCUT2D eigenvalue weighted by Crippen LogP contribution is -2.38. The van der Waals surface area contributed by atoms with E-state index in [9.17, 15) is 13.2 Å². The minimum atomic E-state index is -4.43. The van der Waals surface area contributed by atoms with Crippen LogP contribution in [0.3, 0.4) is 0 Å². The average molecular weight is 801 g/mol. The van der Waals surface area contributed by atoms with Gasteiger partial charge in [-0.05, 0) is 89.7 Å². The van der Waals surface area contributed by atoms with Crippen LogP contribution in [0.15, 0.2) is 198 Å². The van der Waals surface area contributed by atoms with Crippen LogP contribution in [0.5, 0.6) is 0 Å². The van der Waals surface area contributed by atoms with Gasteiger partial charge in [0.15, 0.2) is 5.84 Å². The van der Waals surface area contributed by atoms with E-state index in [4.69, 9.17) is 9.98 Å². The molecule has 1 N–H and O–H groups in total. The summed E-state index contributed by atoms with van der Waals surface area (Å²) in [4.78, 5) is 10.1. The fraction of sp³-hybridized carbons (Fsp3) is 0.0741. The van der Waals surface area contributed by atoms with Crippen molar-refractivity contribution in [2.24, 2.45) is 9.98 Å². The van der Waals surface area contributed by atoms with E-state index in [1.807, 2.05) is 66.7 Å². The van der Waals surface area contributed by atoms with E-state index >= 15 is 0 Å². The molecule has 10 rings (SSSR count). The van der Waals surface area contributed by atoms with Crippen molar-refractivity contribution in [1.82, 2.24) is 9.88 Å². The second-order valence-corrected chi connectivity index (χ2v) is 15.6. The van der Waals surface area contributed by atoms with Crippen molar-refractivity contribution in [3.05, 3.63) is 220 Å². The van der Waals surface area contributed by atoms with Gasteiger partial charge in [0.25, 0.3) is 0 Å². The zero-order valence-electron chi connectivity index (χ0n) is 33.5. The third-order valence-corrected chi connectivity index (χ3v) is 11.5. The van der Waals surface area contributed by atoms with Crippen LogP contribution in [0.25, 0.3) is 61.1 Å². The first-order valence-corrected chi connectivity index (χ1v) is 20.3. The molecule has 0 spiro atoms. The van der Waals surface area contributed by atoms with Crippen LogP contribution in [-0.2, 0) is 0 Å². The number of rotatable bonds is 5. The SMILES string of the molecule is Cc1ccc(-c2ccc3c(c2)c2cc(-c4ccc(C)cc4)ccc2n3-c2ccc(=C3C=CC(C(F)(F)F)=CC3)c(=C3N=C(c4ccccc4)N=C(c4ccccc4)N3)c2)cc1. The topological polar surface area (TPSA) is 41.7 Å². The summed E-state index contributed by atoms with van der Waals surface area (Å²) in [6.07, 6.45) is -0.322. The van der Waals surface area contributed by atoms with Crippen LogP contribution < -0.4 is 15.8 Å². The summed E-state index contributed by atoms with van der Waals surface area (Å²) in [6.45, 7) is 4.19. The molecule has 2 aliphatic rings. The molecule has 0 amide bonds. The van der Waals surface area contributed by atoms with Gasteiger partial charge < -0.3 is 9.88 Å². The van der Waals surface area contributed by atoms with Crippen molar-refractivity contribution in [3.63, 3.8) is 0 Å². The second-order valence-electron chi connectivity index (χ2n) is 15.6. The number of amidine groups is 2. The van der Waals surface area contributed by atoms with E-state index < -0.39 is 11.7 Å². The van der Waals surface area contributed by atoms with Gasteiger partial charge in [-0.15, -0.1) is 0 Å². The van der Waals surface area contributed by atoms with Crippen molar-refractivity contribution < 1.29 is 13.2 Å². The highest BCUT2D eigenvalue weighted by Gasteiger charge is 2.32. The number of allylic oxidation sites excluding steroid dienone is 4. The van der Waals surface area contributed by atoms with Crippen molar-refractivity contribution >= 4 is 44.9 Å². The highest BCUT2D eigenvalue weighted by molar-refractivity contribution is 6.16. The zero-order valence-corrected chi connectivity index (χ0v) is 33.5. The van der Waals surface area contributed by atoms with Crippen LogP contribution >= 0.6 is 0 Å². The predicted octanol–water partition coefficient (Wildman–Crippen LogP) is 11.9. The Balaban J connectivity index is 1.24. The lowest BCUT2D eigenvalue weighted by molar-refractivity contribution is -0.0884. The Morgan fingerprint density at radius 1 is 0.525 bits per heavy atom. The van der Waals surface area contributed by atoms with Gasteiger partial charge in [-0.1, -0.05) is 157 Å². The van der Waals surface area contributed by atoms with Gasteiger partial charge in [-0.25, -0.2) is 9.98 Å². The Morgan fingerprint density at radius 2 is 1.08 bits per heavy atom. The molecular weight excluding hydrogens is 762 g/mol. The summed E-state index contributed by atoms with van der Waals surface area (Å²) in [5.74, 6) is 1.69. The fourth-order valence-corrected chi connectivity index (χ4v) is 8.24. The number of aromatic nitrogens is 1. The normalized spacial score (nSPS) is 16.0.